The average molecular weight is 597 g/mol. The molecule has 0 spiro atoms. The van der Waals surface area contributed by atoms with Crippen molar-refractivity contribution >= 4 is 55.8 Å². The second-order valence-electron chi connectivity index (χ2n) is 8.07. The molecule has 10 nitrogen and oxygen atoms in total. The van der Waals surface area contributed by atoms with Gasteiger partial charge in [-0.05, 0) is 56.3 Å². The Labute approximate surface area is 228 Å². The van der Waals surface area contributed by atoms with E-state index < -0.39 is 23.3 Å². The van der Waals surface area contributed by atoms with Crippen LogP contribution in [0.5, 0.6) is 5.75 Å². The summed E-state index contributed by atoms with van der Waals surface area (Å²) in [4.78, 5) is 36.1. The lowest BCUT2D eigenvalue weighted by molar-refractivity contribution is -0.111. The number of sulfone groups is 1. The lowest BCUT2D eigenvalue weighted by Gasteiger charge is -2.12. The van der Waals surface area contributed by atoms with E-state index in [1.165, 1.54) is 59.9 Å². The van der Waals surface area contributed by atoms with Gasteiger partial charge >= 0.3 is 7.60 Å². The number of amides is 1. The minimum absolute atomic E-state index is 0.0602. The maximum Gasteiger partial charge on any atom is 0.366 e. The summed E-state index contributed by atoms with van der Waals surface area (Å²) >= 11 is 2.10. The van der Waals surface area contributed by atoms with Crippen LogP contribution in [-0.2, 0) is 23.9 Å². The zero-order valence-electron chi connectivity index (χ0n) is 20.5. The summed E-state index contributed by atoms with van der Waals surface area (Å²) in [6.07, 6.45) is 5.09. The van der Waals surface area contributed by atoms with E-state index in [4.69, 9.17) is 9.47 Å². The fraction of sp³-hybridized carbons (Fsp3) is 0.167. The molecule has 0 saturated heterocycles. The Morgan fingerprint density at radius 1 is 1.16 bits per heavy atom. The number of rotatable bonds is 11. The molecule has 0 fully saturated rings. The molecule has 0 aliphatic carbocycles. The summed E-state index contributed by atoms with van der Waals surface area (Å²) in [5, 5.41) is 4.61. The van der Waals surface area contributed by atoms with Crippen molar-refractivity contribution in [3.8, 4) is 16.3 Å². The van der Waals surface area contributed by atoms with Crippen LogP contribution in [0.15, 0.2) is 83.0 Å². The largest absolute Gasteiger partial charge is 0.491 e. The third-order valence-corrected chi connectivity index (χ3v) is 8.95. The highest BCUT2D eigenvalue weighted by Gasteiger charge is 2.20. The highest BCUT2D eigenvalue weighted by Crippen LogP contribution is 2.39. The molecule has 3 aromatic rings. The van der Waals surface area contributed by atoms with Crippen LogP contribution in [0.4, 0.5) is 5.13 Å². The minimum atomic E-state index is -4.34. The van der Waals surface area contributed by atoms with Gasteiger partial charge in [-0.25, -0.2) is 13.4 Å². The van der Waals surface area contributed by atoms with Crippen molar-refractivity contribution in [2.75, 3.05) is 11.6 Å². The van der Waals surface area contributed by atoms with E-state index in [2.05, 4.69) is 16.9 Å². The first-order chi connectivity index (χ1) is 17.7. The molecule has 1 amide bonds. The minimum Gasteiger partial charge on any atom is -0.491 e. The molecule has 0 unspecified atom stereocenters. The zero-order chi connectivity index (χ0) is 28.1. The molecule has 1 aromatic carbocycles. The van der Waals surface area contributed by atoms with E-state index in [-0.39, 0.29) is 21.4 Å². The van der Waals surface area contributed by atoms with Gasteiger partial charge in [-0.1, -0.05) is 6.58 Å². The van der Waals surface area contributed by atoms with Gasteiger partial charge in [0.15, 0.2) is 15.0 Å². The number of carbonyl (C=O) groups is 1. The van der Waals surface area contributed by atoms with Crippen LogP contribution in [0, 0.1) is 0 Å². The third-order valence-electron chi connectivity index (χ3n) is 4.44. The number of nitrogens with one attached hydrogen (secondary N) is 1. The number of thiazole rings is 1. The quantitative estimate of drug-likeness (QED) is 0.126. The monoisotopic (exact) mass is 596 g/mol. The molecule has 2 aromatic heterocycles. The van der Waals surface area contributed by atoms with Crippen LogP contribution in [0.2, 0.25) is 0 Å². The molecular formula is C24H25N2O8PS3. The smallest absolute Gasteiger partial charge is 0.366 e. The van der Waals surface area contributed by atoms with Crippen LogP contribution in [-0.4, -0.2) is 41.5 Å². The Morgan fingerprint density at radius 3 is 2.42 bits per heavy atom. The first-order valence-corrected chi connectivity index (χ1v) is 16.1. The van der Waals surface area contributed by atoms with Crippen LogP contribution in [0.3, 0.4) is 0 Å². The number of nitrogens with zero attached hydrogens (tertiary/aromatic N) is 1. The summed E-state index contributed by atoms with van der Waals surface area (Å²) in [7, 11) is -7.66. The highest BCUT2D eigenvalue weighted by molar-refractivity contribution is 7.90. The molecule has 3 rings (SSSR count). The van der Waals surface area contributed by atoms with Gasteiger partial charge in [-0.2, -0.15) is 0 Å². The fourth-order valence-corrected chi connectivity index (χ4v) is 6.02. The molecule has 2 heterocycles. The fourth-order valence-electron chi connectivity index (χ4n) is 2.86. The van der Waals surface area contributed by atoms with Gasteiger partial charge in [0.1, 0.15) is 21.9 Å². The predicted octanol–water partition coefficient (Wildman–Crippen LogP) is 4.47. The summed E-state index contributed by atoms with van der Waals surface area (Å²) < 4.78 is 45.9. The molecular weight excluding hydrogens is 571 g/mol. The van der Waals surface area contributed by atoms with Crippen LogP contribution in [0.1, 0.15) is 13.8 Å². The molecule has 0 aliphatic heterocycles. The van der Waals surface area contributed by atoms with Crippen molar-refractivity contribution in [2.45, 2.75) is 24.8 Å². The first-order valence-electron chi connectivity index (χ1n) is 10.9. The molecule has 14 heteroatoms. The Morgan fingerprint density at radius 2 is 1.84 bits per heavy atom. The van der Waals surface area contributed by atoms with Gasteiger partial charge < -0.3 is 19.3 Å². The molecule has 0 bridgehead atoms. The lowest BCUT2D eigenvalue weighted by Crippen LogP contribution is -2.08. The Kier molecular flexibility index (Phi) is 9.47. The molecule has 0 aliphatic rings. The summed E-state index contributed by atoms with van der Waals surface area (Å²) in [5.41, 5.74) is 0.487. The summed E-state index contributed by atoms with van der Waals surface area (Å²) in [6.45, 7) is 7.45. The normalized spacial score (nSPS) is 12.6. The van der Waals surface area contributed by atoms with Gasteiger partial charge in [-0.15, -0.1) is 22.7 Å². The van der Waals surface area contributed by atoms with Gasteiger partial charge in [0.25, 0.3) is 0 Å². The predicted molar refractivity (Wildman–Crippen MR) is 148 cm³/mol. The van der Waals surface area contributed by atoms with Gasteiger partial charge in [0.05, 0.1) is 21.6 Å². The number of hydrogen-bond donors (Lipinski definition) is 3. The van der Waals surface area contributed by atoms with E-state index in [1.54, 1.807) is 11.4 Å². The molecule has 202 valence electrons. The van der Waals surface area contributed by atoms with E-state index >= 15 is 0 Å². The number of carbonyl (C=O) groups excluding carboxylic acids is 1. The molecule has 0 saturated carbocycles. The van der Waals surface area contributed by atoms with E-state index in [0.717, 1.165) is 17.6 Å². The van der Waals surface area contributed by atoms with Crippen LogP contribution < -0.4 is 14.7 Å². The number of ether oxygens (including phenoxy) is 2. The van der Waals surface area contributed by atoms with E-state index in [9.17, 15) is 27.6 Å². The number of aromatic nitrogens is 1. The SMILES string of the molecule is C=C(C=C(C=CC(=O)Nc1nc(-c2ccc(P(=O)(O)O)s2)cs1)OC(C)C)Oc1ccc(S(C)(=O)=O)cc1. The van der Waals surface area contributed by atoms with Crippen molar-refractivity contribution in [1.82, 2.24) is 4.98 Å². The Bertz CT molecular complexity index is 1530. The van der Waals surface area contributed by atoms with Gasteiger partial charge in [-0.3, -0.25) is 14.7 Å². The molecule has 3 N–H and O–H groups in total. The van der Waals surface area contributed by atoms with E-state index in [0.29, 0.717) is 27.2 Å². The first kappa shape index (κ1) is 29.5. The maximum absolute atomic E-state index is 12.5. The average Bonchev–Trinajstić information content (AvgIpc) is 3.46. The summed E-state index contributed by atoms with van der Waals surface area (Å²) in [6, 6.07) is 8.79. The van der Waals surface area contributed by atoms with Gasteiger partial charge in [0.2, 0.25) is 5.91 Å². The molecule has 0 radical (unpaired) electrons. The third kappa shape index (κ3) is 8.76. The number of anilines is 1. The standard InChI is InChI=1S/C24H25N2O8PS3/c1-15(2)33-18(13-16(3)34-17-5-8-19(9-6-17)38(4,31)32)7-11-22(27)26-24-25-20(14-36-24)21-10-12-23(37-21)35(28,29)30/h5-15H,3H2,1-2,4H3,(H,25,26,27)(H2,28,29,30). The Balaban J connectivity index is 1.66. The molecule has 38 heavy (non-hydrogen) atoms. The van der Waals surface area contributed by atoms with Crippen LogP contribution >= 0.6 is 30.3 Å². The van der Waals surface area contributed by atoms with Crippen molar-refractivity contribution in [3.63, 3.8) is 0 Å². The van der Waals surface area contributed by atoms with Gasteiger partial charge in [0, 0.05) is 23.8 Å². The van der Waals surface area contributed by atoms with Crippen molar-refractivity contribution in [2.24, 2.45) is 0 Å². The summed E-state index contributed by atoms with van der Waals surface area (Å²) in [5.74, 6) is 0.404. The highest BCUT2D eigenvalue weighted by atomic mass is 32.2. The number of allylic oxidation sites excluding steroid dienone is 2. The number of thiophene rings is 1. The van der Waals surface area contributed by atoms with Crippen LogP contribution in [0.25, 0.3) is 10.6 Å². The maximum atomic E-state index is 12.5. The number of benzene rings is 1. The second-order valence-corrected chi connectivity index (χ2v) is 13.9. The van der Waals surface area contributed by atoms with E-state index in [1.807, 2.05) is 13.8 Å². The van der Waals surface area contributed by atoms with Crippen molar-refractivity contribution in [3.05, 3.63) is 78.1 Å². The van der Waals surface area contributed by atoms with Crippen molar-refractivity contribution < 1.29 is 37.0 Å². The Hall–Kier alpha value is -3.06. The topological polar surface area (TPSA) is 152 Å². The second kappa shape index (κ2) is 12.2. The van der Waals surface area contributed by atoms with Crippen molar-refractivity contribution in [1.29, 1.82) is 0 Å². The lowest BCUT2D eigenvalue weighted by atomic mass is 10.3. The zero-order valence-corrected chi connectivity index (χ0v) is 23.9. The number of hydrogen-bond acceptors (Lipinski definition) is 9. The molecule has 0 atom stereocenters.